The summed E-state index contributed by atoms with van der Waals surface area (Å²) in [5, 5.41) is 0.893. The van der Waals surface area contributed by atoms with Crippen molar-refractivity contribution in [2.45, 2.75) is 32.6 Å². The van der Waals surface area contributed by atoms with Gasteiger partial charge < -0.3 is 15.2 Å². The quantitative estimate of drug-likeness (QED) is 0.636. The molecular formula is C22H24N2O3S. The van der Waals surface area contributed by atoms with Crippen molar-refractivity contribution in [3.05, 3.63) is 46.0 Å². The topological polar surface area (TPSA) is 74.4 Å². The average Bonchev–Trinajstić information content (AvgIpc) is 3.06. The molecule has 6 heteroatoms. The molecule has 2 aromatic heterocycles. The van der Waals surface area contributed by atoms with Crippen LogP contribution in [0.2, 0.25) is 0 Å². The first kappa shape index (κ1) is 18.7. The van der Waals surface area contributed by atoms with Gasteiger partial charge in [0.15, 0.2) is 11.5 Å². The van der Waals surface area contributed by atoms with Crippen LogP contribution in [0.15, 0.2) is 24.3 Å². The Labute approximate surface area is 168 Å². The predicted octanol–water partition coefficient (Wildman–Crippen LogP) is 4.64. The lowest BCUT2D eigenvalue weighted by Crippen LogP contribution is -2.14. The highest BCUT2D eigenvalue weighted by Gasteiger charge is 2.24. The number of ether oxygens (including phenoxy) is 2. The normalized spacial score (nSPS) is 16.0. The molecule has 1 aliphatic carbocycles. The van der Waals surface area contributed by atoms with Crippen molar-refractivity contribution in [1.29, 1.82) is 0 Å². The van der Waals surface area contributed by atoms with Crippen molar-refractivity contribution >= 4 is 33.0 Å². The number of rotatable bonds is 5. The van der Waals surface area contributed by atoms with E-state index in [1.165, 1.54) is 29.7 Å². The average molecular weight is 397 g/mol. The number of aromatic nitrogens is 1. The first-order valence-corrected chi connectivity index (χ1v) is 10.3. The number of thiophene rings is 1. The Morgan fingerprint density at radius 2 is 2.04 bits per heavy atom. The van der Waals surface area contributed by atoms with Gasteiger partial charge in [0.1, 0.15) is 9.71 Å². The Hall–Kier alpha value is -2.60. The minimum atomic E-state index is -0.120. The zero-order chi connectivity index (χ0) is 19.8. The molecule has 0 saturated heterocycles. The number of fused-ring (bicyclic) bond motifs is 2. The van der Waals surface area contributed by atoms with E-state index in [0.29, 0.717) is 33.5 Å². The van der Waals surface area contributed by atoms with Crippen molar-refractivity contribution in [3.63, 3.8) is 0 Å². The molecule has 0 radical (unpaired) electrons. The fourth-order valence-electron chi connectivity index (χ4n) is 3.89. The predicted molar refractivity (Wildman–Crippen MR) is 113 cm³/mol. The molecule has 0 spiro atoms. The summed E-state index contributed by atoms with van der Waals surface area (Å²) < 4.78 is 10.6. The molecule has 2 N–H and O–H groups in total. The minimum absolute atomic E-state index is 0.120. The second-order valence-corrected chi connectivity index (χ2v) is 8.21. The van der Waals surface area contributed by atoms with Crippen LogP contribution in [0.5, 0.6) is 11.5 Å². The number of nitrogens with two attached hydrogens (primary N) is 1. The van der Waals surface area contributed by atoms with Crippen molar-refractivity contribution < 1.29 is 14.3 Å². The van der Waals surface area contributed by atoms with Crippen molar-refractivity contribution in [3.8, 4) is 11.5 Å². The van der Waals surface area contributed by atoms with Crippen LogP contribution in [0.1, 0.15) is 46.3 Å². The largest absolute Gasteiger partial charge is 0.493 e. The molecule has 4 rings (SSSR count). The van der Waals surface area contributed by atoms with Gasteiger partial charge in [0.25, 0.3) is 0 Å². The number of carbonyl (C=O) groups excluding carboxylic acids is 1. The lowest BCUT2D eigenvalue weighted by molar-refractivity contribution is 0.104. The minimum Gasteiger partial charge on any atom is -0.493 e. The maximum Gasteiger partial charge on any atom is 0.205 e. The van der Waals surface area contributed by atoms with Crippen LogP contribution in [0.3, 0.4) is 0 Å². The van der Waals surface area contributed by atoms with E-state index in [4.69, 9.17) is 20.2 Å². The van der Waals surface area contributed by atoms with Gasteiger partial charge >= 0.3 is 0 Å². The zero-order valence-electron chi connectivity index (χ0n) is 16.4. The Kier molecular flexibility index (Phi) is 4.98. The van der Waals surface area contributed by atoms with Crippen LogP contribution >= 0.6 is 11.3 Å². The molecular weight excluding hydrogens is 372 g/mol. The molecule has 0 amide bonds. The fraction of sp³-hybridized carbons (Fsp3) is 0.364. The highest BCUT2D eigenvalue weighted by molar-refractivity contribution is 7.21. The second-order valence-electron chi connectivity index (χ2n) is 7.21. The van der Waals surface area contributed by atoms with Gasteiger partial charge in [-0.15, -0.1) is 11.3 Å². The number of carbonyl (C=O) groups is 1. The van der Waals surface area contributed by atoms with E-state index in [9.17, 15) is 4.79 Å². The van der Waals surface area contributed by atoms with Crippen LogP contribution in [0, 0.1) is 5.92 Å². The summed E-state index contributed by atoms with van der Waals surface area (Å²) in [7, 11) is 3.12. The van der Waals surface area contributed by atoms with Gasteiger partial charge in [0.2, 0.25) is 5.78 Å². The van der Waals surface area contributed by atoms with Gasteiger partial charge in [-0.3, -0.25) is 4.79 Å². The highest BCUT2D eigenvalue weighted by atomic mass is 32.1. The van der Waals surface area contributed by atoms with Crippen molar-refractivity contribution in [2.24, 2.45) is 5.92 Å². The van der Waals surface area contributed by atoms with E-state index in [1.807, 2.05) is 0 Å². The Balaban J connectivity index is 1.75. The SMILES string of the molecule is CC[C@@H]1CCc2nc3sc(C(=O)c4ccc(OC)c(OC)c4)c(N)c3cc2C1. The van der Waals surface area contributed by atoms with Crippen LogP contribution in [0.4, 0.5) is 5.69 Å². The number of hydrogen-bond acceptors (Lipinski definition) is 6. The summed E-state index contributed by atoms with van der Waals surface area (Å²) in [6.45, 7) is 2.24. The number of pyridine rings is 1. The summed E-state index contributed by atoms with van der Waals surface area (Å²) in [6, 6.07) is 7.31. The van der Waals surface area contributed by atoms with Gasteiger partial charge in [-0.25, -0.2) is 4.98 Å². The summed E-state index contributed by atoms with van der Waals surface area (Å²) in [4.78, 5) is 19.3. The molecule has 0 unspecified atom stereocenters. The molecule has 0 fully saturated rings. The number of nitrogen functional groups attached to an aromatic ring is 1. The molecule has 5 nitrogen and oxygen atoms in total. The molecule has 1 atom stereocenters. The molecule has 0 bridgehead atoms. The molecule has 146 valence electrons. The van der Waals surface area contributed by atoms with Crippen LogP contribution in [-0.4, -0.2) is 25.0 Å². The first-order chi connectivity index (χ1) is 13.5. The third-order valence-electron chi connectivity index (χ3n) is 5.62. The monoisotopic (exact) mass is 396 g/mol. The fourth-order valence-corrected chi connectivity index (χ4v) is 4.95. The van der Waals surface area contributed by atoms with Gasteiger partial charge in [-0.1, -0.05) is 13.3 Å². The van der Waals surface area contributed by atoms with Gasteiger partial charge in [0.05, 0.1) is 19.9 Å². The van der Waals surface area contributed by atoms with Gasteiger partial charge in [-0.2, -0.15) is 0 Å². The lowest BCUT2D eigenvalue weighted by Gasteiger charge is -2.22. The van der Waals surface area contributed by atoms with E-state index in [0.717, 1.165) is 28.8 Å². The summed E-state index contributed by atoms with van der Waals surface area (Å²) in [5.74, 6) is 1.70. The number of hydrogen-bond donors (Lipinski definition) is 1. The standard InChI is InChI=1S/C22H24N2O3S/c1-4-12-5-7-16-14(9-12)10-15-19(23)21(28-22(15)24-16)20(25)13-6-8-17(26-2)18(11-13)27-3/h6,8,10-12H,4-5,7,9,23H2,1-3H3/t12-/m1/s1. The number of methoxy groups -OCH3 is 2. The summed E-state index contributed by atoms with van der Waals surface area (Å²) in [5.41, 5.74) is 9.87. The van der Waals surface area contributed by atoms with Gasteiger partial charge in [-0.05, 0) is 55.0 Å². The van der Waals surface area contributed by atoms with E-state index in [1.54, 1.807) is 32.4 Å². The van der Waals surface area contributed by atoms with Crippen LogP contribution in [0.25, 0.3) is 10.2 Å². The maximum absolute atomic E-state index is 13.1. The van der Waals surface area contributed by atoms with E-state index in [2.05, 4.69) is 13.0 Å². The number of anilines is 1. The number of nitrogens with zero attached hydrogens (tertiary/aromatic N) is 1. The third-order valence-corrected chi connectivity index (χ3v) is 6.73. The number of benzene rings is 1. The molecule has 0 saturated carbocycles. The number of ketones is 1. The second kappa shape index (κ2) is 7.43. The first-order valence-electron chi connectivity index (χ1n) is 9.53. The van der Waals surface area contributed by atoms with E-state index < -0.39 is 0 Å². The van der Waals surface area contributed by atoms with Crippen molar-refractivity contribution in [1.82, 2.24) is 4.98 Å². The highest BCUT2D eigenvalue weighted by Crippen LogP contribution is 2.38. The zero-order valence-corrected chi connectivity index (χ0v) is 17.2. The third kappa shape index (κ3) is 3.11. The molecule has 0 aliphatic heterocycles. The molecule has 1 aliphatic rings. The Morgan fingerprint density at radius 1 is 1.25 bits per heavy atom. The molecule has 2 heterocycles. The van der Waals surface area contributed by atoms with E-state index in [-0.39, 0.29) is 5.78 Å². The molecule has 28 heavy (non-hydrogen) atoms. The van der Waals surface area contributed by atoms with Crippen LogP contribution < -0.4 is 15.2 Å². The molecule has 3 aromatic rings. The van der Waals surface area contributed by atoms with E-state index >= 15 is 0 Å². The summed E-state index contributed by atoms with van der Waals surface area (Å²) >= 11 is 1.37. The smallest absolute Gasteiger partial charge is 0.205 e. The van der Waals surface area contributed by atoms with Crippen molar-refractivity contribution in [2.75, 3.05) is 20.0 Å². The van der Waals surface area contributed by atoms with Gasteiger partial charge in [0, 0.05) is 16.6 Å². The maximum atomic E-state index is 13.1. The molecule has 1 aromatic carbocycles. The Morgan fingerprint density at radius 3 is 2.75 bits per heavy atom. The summed E-state index contributed by atoms with van der Waals surface area (Å²) in [6.07, 6.45) is 4.41. The lowest BCUT2D eigenvalue weighted by atomic mass is 9.85. The van der Waals surface area contributed by atoms with Crippen LogP contribution in [-0.2, 0) is 12.8 Å². The number of aryl methyl sites for hydroxylation is 1. The Bertz CT molecular complexity index is 1060.